The van der Waals surface area contributed by atoms with Crippen LogP contribution in [0.2, 0.25) is 0 Å². The fraction of sp³-hybridized carbons (Fsp3) is 0.294. The molecule has 1 fully saturated rings. The Hall–Kier alpha value is -1.91. The molecule has 2 atom stereocenters. The Morgan fingerprint density at radius 1 is 1.05 bits per heavy atom. The molecular formula is C17H18ClN3O. The first-order valence-corrected chi connectivity index (χ1v) is 7.38. The number of fused-ring (bicyclic) bond motifs is 1. The zero-order valence-corrected chi connectivity index (χ0v) is 12.9. The molecule has 0 aliphatic heterocycles. The van der Waals surface area contributed by atoms with Crippen LogP contribution in [0.5, 0.6) is 0 Å². The Kier molecular flexibility index (Phi) is 4.14. The molecule has 4 nitrogen and oxygen atoms in total. The molecule has 114 valence electrons. The van der Waals surface area contributed by atoms with Crippen LogP contribution >= 0.6 is 12.4 Å². The second-order valence-corrected chi connectivity index (χ2v) is 5.75. The third-order valence-corrected chi connectivity index (χ3v) is 4.29. The molecular weight excluding hydrogens is 298 g/mol. The average Bonchev–Trinajstić information content (AvgIpc) is 3.15. The van der Waals surface area contributed by atoms with Crippen LogP contribution in [0.15, 0.2) is 47.0 Å². The minimum atomic E-state index is 0. The monoisotopic (exact) mass is 315 g/mol. The molecule has 1 aromatic heterocycles. The molecule has 0 spiro atoms. The van der Waals surface area contributed by atoms with Crippen LogP contribution in [-0.4, -0.2) is 16.2 Å². The van der Waals surface area contributed by atoms with Crippen molar-refractivity contribution in [3.63, 3.8) is 0 Å². The van der Waals surface area contributed by atoms with E-state index in [0.717, 1.165) is 36.1 Å². The lowest BCUT2D eigenvalue weighted by Crippen LogP contribution is -2.14. The average molecular weight is 316 g/mol. The number of rotatable bonds is 2. The molecule has 1 aliphatic rings. The standard InChI is InChI=1S/C17H17N3O.ClH/c18-13-9-8-12(10-13)17-19-16(20-21-17)15-7-3-5-11-4-1-2-6-14(11)15;/h1-7,12-13H,8-10,18H2;1H. The van der Waals surface area contributed by atoms with Gasteiger partial charge in [-0.1, -0.05) is 47.6 Å². The first kappa shape index (κ1) is 15.0. The number of halogens is 1. The van der Waals surface area contributed by atoms with Crippen molar-refractivity contribution < 1.29 is 4.52 Å². The fourth-order valence-electron chi connectivity index (χ4n) is 3.17. The first-order chi connectivity index (χ1) is 10.3. The van der Waals surface area contributed by atoms with Gasteiger partial charge in [-0.2, -0.15) is 4.98 Å². The summed E-state index contributed by atoms with van der Waals surface area (Å²) in [4.78, 5) is 4.61. The van der Waals surface area contributed by atoms with Crippen LogP contribution in [0.25, 0.3) is 22.2 Å². The van der Waals surface area contributed by atoms with E-state index in [-0.39, 0.29) is 18.4 Å². The van der Waals surface area contributed by atoms with E-state index in [0.29, 0.717) is 11.7 Å². The number of hydrogen-bond acceptors (Lipinski definition) is 4. The van der Waals surface area contributed by atoms with Crippen LogP contribution in [-0.2, 0) is 0 Å². The smallest absolute Gasteiger partial charge is 0.230 e. The van der Waals surface area contributed by atoms with Crippen LogP contribution in [0.4, 0.5) is 0 Å². The van der Waals surface area contributed by atoms with Gasteiger partial charge in [-0.3, -0.25) is 0 Å². The SMILES string of the molecule is Cl.NC1CCC(c2nc(-c3cccc4ccccc34)no2)C1. The van der Waals surface area contributed by atoms with Crippen LogP contribution in [0, 0.1) is 0 Å². The van der Waals surface area contributed by atoms with E-state index in [2.05, 4.69) is 28.3 Å². The Balaban J connectivity index is 0.00000144. The maximum atomic E-state index is 5.96. The van der Waals surface area contributed by atoms with Crippen molar-refractivity contribution in [1.82, 2.24) is 10.1 Å². The first-order valence-electron chi connectivity index (χ1n) is 7.38. The summed E-state index contributed by atoms with van der Waals surface area (Å²) >= 11 is 0. The Morgan fingerprint density at radius 2 is 1.86 bits per heavy atom. The number of aromatic nitrogens is 2. The maximum absolute atomic E-state index is 5.96. The predicted molar refractivity (Wildman–Crippen MR) is 89.1 cm³/mol. The van der Waals surface area contributed by atoms with E-state index in [1.165, 1.54) is 5.39 Å². The molecule has 0 amide bonds. The molecule has 4 rings (SSSR count). The van der Waals surface area contributed by atoms with E-state index in [1.54, 1.807) is 0 Å². The van der Waals surface area contributed by atoms with Crippen molar-refractivity contribution in [3.8, 4) is 11.4 Å². The zero-order chi connectivity index (χ0) is 14.2. The third kappa shape index (κ3) is 2.60. The fourth-order valence-corrected chi connectivity index (χ4v) is 3.17. The highest BCUT2D eigenvalue weighted by atomic mass is 35.5. The maximum Gasteiger partial charge on any atom is 0.230 e. The van der Waals surface area contributed by atoms with E-state index < -0.39 is 0 Å². The highest BCUT2D eigenvalue weighted by Crippen LogP contribution is 2.34. The zero-order valence-electron chi connectivity index (χ0n) is 12.1. The topological polar surface area (TPSA) is 64.9 Å². The van der Waals surface area contributed by atoms with Gasteiger partial charge in [-0.15, -0.1) is 12.4 Å². The lowest BCUT2D eigenvalue weighted by atomic mass is 10.0. The molecule has 2 aromatic carbocycles. The van der Waals surface area contributed by atoms with Gasteiger partial charge in [0.2, 0.25) is 11.7 Å². The minimum Gasteiger partial charge on any atom is -0.339 e. The highest BCUT2D eigenvalue weighted by Gasteiger charge is 2.28. The van der Waals surface area contributed by atoms with Gasteiger partial charge in [-0.25, -0.2) is 0 Å². The summed E-state index contributed by atoms with van der Waals surface area (Å²) in [6.07, 6.45) is 3.02. The number of nitrogens with zero attached hydrogens (tertiary/aromatic N) is 2. The van der Waals surface area contributed by atoms with E-state index >= 15 is 0 Å². The predicted octanol–water partition coefficient (Wildman–Crippen LogP) is 3.91. The Labute approximate surface area is 135 Å². The molecule has 0 radical (unpaired) electrons. The highest BCUT2D eigenvalue weighted by molar-refractivity contribution is 5.94. The van der Waals surface area contributed by atoms with Crippen molar-refractivity contribution >= 4 is 23.2 Å². The second-order valence-electron chi connectivity index (χ2n) is 5.75. The lowest BCUT2D eigenvalue weighted by molar-refractivity contribution is 0.353. The molecule has 3 aromatic rings. The number of benzene rings is 2. The molecule has 2 N–H and O–H groups in total. The molecule has 0 bridgehead atoms. The van der Waals surface area contributed by atoms with Gasteiger partial charge in [0.05, 0.1) is 0 Å². The summed E-state index contributed by atoms with van der Waals surface area (Å²) in [6.45, 7) is 0. The van der Waals surface area contributed by atoms with Crippen molar-refractivity contribution in [2.24, 2.45) is 5.73 Å². The van der Waals surface area contributed by atoms with E-state index in [9.17, 15) is 0 Å². The summed E-state index contributed by atoms with van der Waals surface area (Å²) in [5.41, 5.74) is 6.98. The third-order valence-electron chi connectivity index (χ3n) is 4.29. The quantitative estimate of drug-likeness (QED) is 0.778. The van der Waals surface area contributed by atoms with Gasteiger partial charge < -0.3 is 10.3 Å². The van der Waals surface area contributed by atoms with Gasteiger partial charge in [-0.05, 0) is 30.0 Å². The largest absolute Gasteiger partial charge is 0.339 e. The van der Waals surface area contributed by atoms with Gasteiger partial charge in [0.25, 0.3) is 0 Å². The molecule has 0 saturated heterocycles. The molecule has 1 saturated carbocycles. The summed E-state index contributed by atoms with van der Waals surface area (Å²) in [5.74, 6) is 1.71. The van der Waals surface area contributed by atoms with Gasteiger partial charge in [0.1, 0.15) is 0 Å². The van der Waals surface area contributed by atoms with Crippen molar-refractivity contribution in [3.05, 3.63) is 48.4 Å². The van der Waals surface area contributed by atoms with Crippen LogP contribution < -0.4 is 5.73 Å². The number of nitrogens with two attached hydrogens (primary N) is 1. The van der Waals surface area contributed by atoms with Gasteiger partial charge in [0, 0.05) is 17.5 Å². The minimum absolute atomic E-state index is 0. The van der Waals surface area contributed by atoms with E-state index in [4.69, 9.17) is 10.3 Å². The molecule has 2 unspecified atom stereocenters. The summed E-state index contributed by atoms with van der Waals surface area (Å²) in [5, 5.41) is 6.51. The van der Waals surface area contributed by atoms with Crippen molar-refractivity contribution in [1.29, 1.82) is 0 Å². The van der Waals surface area contributed by atoms with Crippen LogP contribution in [0.3, 0.4) is 0 Å². The molecule has 5 heteroatoms. The van der Waals surface area contributed by atoms with Crippen molar-refractivity contribution in [2.75, 3.05) is 0 Å². The van der Waals surface area contributed by atoms with Crippen molar-refractivity contribution in [2.45, 2.75) is 31.2 Å². The summed E-state index contributed by atoms with van der Waals surface area (Å²) in [7, 11) is 0. The molecule has 1 aliphatic carbocycles. The second kappa shape index (κ2) is 6.07. The van der Waals surface area contributed by atoms with Gasteiger partial charge in [0.15, 0.2) is 0 Å². The Bertz CT molecular complexity index is 781. The molecule has 1 heterocycles. The van der Waals surface area contributed by atoms with Crippen LogP contribution in [0.1, 0.15) is 31.1 Å². The van der Waals surface area contributed by atoms with Gasteiger partial charge >= 0.3 is 0 Å². The van der Waals surface area contributed by atoms with E-state index in [1.807, 2.05) is 24.3 Å². The lowest BCUT2D eigenvalue weighted by Gasteiger charge is -2.02. The Morgan fingerprint density at radius 3 is 2.68 bits per heavy atom. The molecule has 22 heavy (non-hydrogen) atoms. The summed E-state index contributed by atoms with van der Waals surface area (Å²) < 4.78 is 5.48. The summed E-state index contributed by atoms with van der Waals surface area (Å²) in [6, 6.07) is 14.7. The normalized spacial score (nSPS) is 21.0. The number of hydrogen-bond donors (Lipinski definition) is 1.